The Morgan fingerprint density at radius 2 is 1.24 bits per heavy atom. The fraction of sp³-hybridized carbons (Fsp3) is 0.697. The predicted octanol–water partition coefficient (Wildman–Crippen LogP) is -3.44. The van der Waals surface area contributed by atoms with Gasteiger partial charge in [-0.1, -0.05) is 34.6 Å². The molecule has 0 heterocycles. The number of aldehydes is 1. The van der Waals surface area contributed by atoms with Crippen molar-refractivity contribution in [2.45, 2.75) is 122 Å². The zero-order chi connectivity index (χ0) is 41.5. The SMILES string of the molecule is CCC(NC(=O)C(CCC(N)=O)NC(=O)C(CC(C)C)NC(=O)C(CC(=O)O)NC(=O)CNC(=O)C(N)CCCNC(=N)N)C(=O)NC(C=O)CC(C)C. The average Bonchev–Trinajstić information content (AvgIpc) is 3.07. The van der Waals surface area contributed by atoms with Gasteiger partial charge in [0.2, 0.25) is 41.4 Å². The Kier molecular flexibility index (Phi) is 23.1. The quantitative estimate of drug-likeness (QED) is 0.0168. The van der Waals surface area contributed by atoms with Gasteiger partial charge in [0.1, 0.15) is 30.5 Å². The molecule has 21 nitrogen and oxygen atoms in total. The highest BCUT2D eigenvalue weighted by Crippen LogP contribution is 2.09. The zero-order valence-electron chi connectivity index (χ0n) is 31.6. The maximum absolute atomic E-state index is 13.6. The van der Waals surface area contributed by atoms with Crippen molar-refractivity contribution in [2.24, 2.45) is 29.0 Å². The molecule has 0 radical (unpaired) electrons. The molecule has 0 aromatic heterocycles. The van der Waals surface area contributed by atoms with E-state index in [1.54, 1.807) is 20.8 Å². The molecule has 15 N–H and O–H groups in total. The van der Waals surface area contributed by atoms with Gasteiger partial charge in [0.15, 0.2) is 5.96 Å². The molecule has 0 bridgehead atoms. The Morgan fingerprint density at radius 1 is 0.704 bits per heavy atom. The van der Waals surface area contributed by atoms with Crippen molar-refractivity contribution in [3.8, 4) is 0 Å². The summed E-state index contributed by atoms with van der Waals surface area (Å²) < 4.78 is 0. The van der Waals surface area contributed by atoms with Gasteiger partial charge in [-0.2, -0.15) is 0 Å². The molecule has 0 saturated heterocycles. The maximum atomic E-state index is 13.6. The number of rotatable bonds is 27. The van der Waals surface area contributed by atoms with Gasteiger partial charge in [0.25, 0.3) is 0 Å². The molecule has 0 aliphatic carbocycles. The van der Waals surface area contributed by atoms with Crippen molar-refractivity contribution in [2.75, 3.05) is 13.1 Å². The molecule has 21 heteroatoms. The maximum Gasteiger partial charge on any atom is 0.305 e. The summed E-state index contributed by atoms with van der Waals surface area (Å²) in [6.07, 6.45) is 0.136. The minimum Gasteiger partial charge on any atom is -0.481 e. The number of aliphatic carboxylic acids is 1. The minimum absolute atomic E-state index is 0.00568. The third-order valence-corrected chi connectivity index (χ3v) is 7.71. The van der Waals surface area contributed by atoms with E-state index in [-0.39, 0.29) is 49.9 Å². The Bertz CT molecular complexity index is 1330. The first-order valence-electron chi connectivity index (χ1n) is 17.8. The summed E-state index contributed by atoms with van der Waals surface area (Å²) in [6.45, 7) is 8.44. The minimum atomic E-state index is -1.69. The number of nitrogens with one attached hydrogen (secondary N) is 8. The van der Waals surface area contributed by atoms with Crippen LogP contribution >= 0.6 is 0 Å². The second-order valence-electron chi connectivity index (χ2n) is 13.6. The molecule has 0 aromatic rings. The first kappa shape index (κ1) is 48.7. The van der Waals surface area contributed by atoms with E-state index in [1.165, 1.54) is 0 Å². The number of carboxylic acids is 1. The van der Waals surface area contributed by atoms with Gasteiger partial charge in [0.05, 0.1) is 25.0 Å². The van der Waals surface area contributed by atoms with Crippen LogP contribution in [0.15, 0.2) is 0 Å². The number of hydrogen-bond acceptors (Lipinski definition) is 11. The van der Waals surface area contributed by atoms with Crippen LogP contribution in [0.4, 0.5) is 0 Å². The van der Waals surface area contributed by atoms with Gasteiger partial charge in [-0.25, -0.2) is 0 Å². The van der Waals surface area contributed by atoms with Crippen molar-refractivity contribution in [1.29, 1.82) is 5.41 Å². The van der Waals surface area contributed by atoms with E-state index < -0.39 is 96.5 Å². The van der Waals surface area contributed by atoms with Gasteiger partial charge >= 0.3 is 5.97 Å². The first-order valence-corrected chi connectivity index (χ1v) is 17.8. The highest BCUT2D eigenvalue weighted by Gasteiger charge is 2.33. The van der Waals surface area contributed by atoms with E-state index in [2.05, 4.69) is 37.2 Å². The normalized spacial score (nSPS) is 14.2. The Hall–Kier alpha value is -5.34. The predicted molar refractivity (Wildman–Crippen MR) is 196 cm³/mol. The van der Waals surface area contributed by atoms with Crippen LogP contribution in [0.1, 0.15) is 86.0 Å². The number of guanidine groups is 1. The Morgan fingerprint density at radius 3 is 1.76 bits per heavy atom. The topological polar surface area (TPSA) is 360 Å². The molecule has 0 aromatic carbocycles. The van der Waals surface area contributed by atoms with Crippen LogP contribution in [0, 0.1) is 17.2 Å². The van der Waals surface area contributed by atoms with Crippen molar-refractivity contribution in [1.82, 2.24) is 37.2 Å². The average molecular weight is 770 g/mol. The lowest BCUT2D eigenvalue weighted by molar-refractivity contribution is -0.141. The molecule has 6 atom stereocenters. The van der Waals surface area contributed by atoms with Crippen LogP contribution in [-0.2, 0) is 43.2 Å². The summed E-state index contributed by atoms with van der Waals surface area (Å²) in [4.78, 5) is 113. The van der Waals surface area contributed by atoms with Crippen molar-refractivity contribution in [3.05, 3.63) is 0 Å². The van der Waals surface area contributed by atoms with Crippen LogP contribution in [0.5, 0.6) is 0 Å². The van der Waals surface area contributed by atoms with E-state index in [0.29, 0.717) is 25.7 Å². The smallest absolute Gasteiger partial charge is 0.305 e. The summed E-state index contributed by atoms with van der Waals surface area (Å²) in [5.74, 6) is -7.69. The number of carboxylic acid groups (broad SMARTS) is 1. The number of nitrogens with two attached hydrogens (primary N) is 3. The molecule has 0 rings (SSSR count). The molecule has 306 valence electrons. The number of carbonyl (C=O) groups excluding carboxylic acids is 8. The van der Waals surface area contributed by atoms with E-state index in [1.807, 2.05) is 13.8 Å². The lowest BCUT2D eigenvalue weighted by Crippen LogP contribution is -2.59. The van der Waals surface area contributed by atoms with Crippen molar-refractivity contribution >= 4 is 59.6 Å². The van der Waals surface area contributed by atoms with Crippen molar-refractivity contribution < 1.29 is 48.3 Å². The molecule has 54 heavy (non-hydrogen) atoms. The molecule has 0 saturated carbocycles. The van der Waals surface area contributed by atoms with Crippen LogP contribution in [-0.4, -0.2) is 114 Å². The van der Waals surface area contributed by atoms with Gasteiger partial charge in [-0.05, 0) is 50.4 Å². The molecular formula is C33H59N11O10. The van der Waals surface area contributed by atoms with Crippen LogP contribution in [0.3, 0.4) is 0 Å². The third-order valence-electron chi connectivity index (χ3n) is 7.71. The summed E-state index contributed by atoms with van der Waals surface area (Å²) in [5, 5.41) is 33.6. The van der Waals surface area contributed by atoms with E-state index >= 15 is 0 Å². The Balaban J connectivity index is 5.83. The zero-order valence-corrected chi connectivity index (χ0v) is 31.6. The summed E-state index contributed by atoms with van der Waals surface area (Å²) in [5.41, 5.74) is 16.3. The number of carbonyl (C=O) groups is 9. The van der Waals surface area contributed by atoms with Gasteiger partial charge in [0, 0.05) is 13.0 Å². The Labute approximate surface area is 314 Å². The number of amides is 7. The molecule has 6 unspecified atom stereocenters. The molecule has 0 aliphatic heterocycles. The highest BCUT2D eigenvalue weighted by molar-refractivity contribution is 5.97. The van der Waals surface area contributed by atoms with Gasteiger partial charge < -0.3 is 64.3 Å². The second kappa shape index (κ2) is 25.6. The molecule has 0 fully saturated rings. The number of primary amides is 1. The van der Waals surface area contributed by atoms with Gasteiger partial charge in [-0.3, -0.25) is 43.8 Å². The van der Waals surface area contributed by atoms with Crippen LogP contribution < -0.4 is 54.4 Å². The summed E-state index contributed by atoms with van der Waals surface area (Å²) in [7, 11) is 0. The largest absolute Gasteiger partial charge is 0.481 e. The summed E-state index contributed by atoms with van der Waals surface area (Å²) in [6, 6.07) is -7.38. The number of hydrogen-bond donors (Lipinski definition) is 12. The highest BCUT2D eigenvalue weighted by atomic mass is 16.4. The third kappa shape index (κ3) is 21.2. The van der Waals surface area contributed by atoms with Crippen molar-refractivity contribution in [3.63, 3.8) is 0 Å². The van der Waals surface area contributed by atoms with E-state index in [4.69, 9.17) is 22.6 Å². The van der Waals surface area contributed by atoms with Crippen LogP contribution in [0.2, 0.25) is 0 Å². The lowest BCUT2D eigenvalue weighted by atomic mass is 10.0. The second-order valence-corrected chi connectivity index (χ2v) is 13.6. The molecule has 0 aliphatic rings. The first-order chi connectivity index (χ1) is 25.2. The molecular weight excluding hydrogens is 710 g/mol. The fourth-order valence-corrected chi connectivity index (χ4v) is 4.97. The van der Waals surface area contributed by atoms with E-state index in [0.717, 1.165) is 0 Å². The van der Waals surface area contributed by atoms with E-state index in [9.17, 15) is 48.3 Å². The summed E-state index contributed by atoms with van der Waals surface area (Å²) >= 11 is 0. The lowest BCUT2D eigenvalue weighted by Gasteiger charge is -2.27. The van der Waals surface area contributed by atoms with Crippen LogP contribution in [0.25, 0.3) is 0 Å². The van der Waals surface area contributed by atoms with Gasteiger partial charge in [-0.15, -0.1) is 0 Å². The fourth-order valence-electron chi connectivity index (χ4n) is 4.97. The monoisotopic (exact) mass is 769 g/mol. The molecule has 7 amide bonds. The molecule has 0 spiro atoms. The standard InChI is InChI=1S/C33H59N11O10/c1-6-21(29(51)40-19(16-45)12-17(2)3)42-30(52)22(9-10-25(35)46)43-31(53)23(13-18(4)5)44-32(54)24(14-27(48)49)41-26(47)15-39-28(50)20(34)8-7-11-38-33(36)37/h16-24H,6-15,34H2,1-5H3,(H2,35,46)(H,39,50)(H,40,51)(H,41,47)(H,42,52)(H,43,53)(H,44,54)(H,48,49)(H4,36,37,38).